The number of rotatable bonds is 3. The van der Waals surface area contributed by atoms with Crippen molar-refractivity contribution in [2.45, 2.75) is 23.7 Å². The van der Waals surface area contributed by atoms with Crippen LogP contribution in [0.25, 0.3) is 0 Å². The summed E-state index contributed by atoms with van der Waals surface area (Å²) in [5.41, 5.74) is 1.25. The van der Waals surface area contributed by atoms with Gasteiger partial charge in [-0.25, -0.2) is 23.5 Å². The maximum atomic E-state index is 11.2. The number of primary sulfonamides is 1. The number of sulfonamides is 1. The standard InChI is InChI=1S/C14H17N5O2S/c15-22(20,21)13-8-17-14(18-9-13)19-7-1-2-12(10-19)11-3-5-16-6-4-11/h3-6,8-9,12H,1-2,7,10H2,(H2,15,20,21). The fourth-order valence-corrected chi connectivity index (χ4v) is 3.09. The topological polar surface area (TPSA) is 102 Å². The molecule has 1 aliphatic rings. The van der Waals surface area contributed by atoms with Gasteiger partial charge in [-0.05, 0) is 30.5 Å². The number of aromatic nitrogens is 3. The van der Waals surface area contributed by atoms with Crippen LogP contribution in [0, 0.1) is 0 Å². The average Bonchev–Trinajstić information content (AvgIpc) is 2.55. The van der Waals surface area contributed by atoms with E-state index in [-0.39, 0.29) is 4.90 Å². The second-order valence-corrected chi connectivity index (χ2v) is 6.89. The van der Waals surface area contributed by atoms with E-state index < -0.39 is 10.0 Å². The van der Waals surface area contributed by atoms with Gasteiger partial charge in [-0.3, -0.25) is 4.98 Å². The van der Waals surface area contributed by atoms with Gasteiger partial charge in [-0.15, -0.1) is 0 Å². The van der Waals surface area contributed by atoms with E-state index in [4.69, 9.17) is 5.14 Å². The van der Waals surface area contributed by atoms with Gasteiger partial charge in [-0.1, -0.05) is 0 Å². The SMILES string of the molecule is NS(=O)(=O)c1cnc(N2CCCC(c3ccncc3)C2)nc1. The molecular weight excluding hydrogens is 302 g/mol. The van der Waals surface area contributed by atoms with Crippen LogP contribution in [0.15, 0.2) is 41.8 Å². The van der Waals surface area contributed by atoms with Crippen molar-refractivity contribution in [3.63, 3.8) is 0 Å². The zero-order valence-electron chi connectivity index (χ0n) is 12.0. The highest BCUT2D eigenvalue weighted by Crippen LogP contribution is 2.28. The molecule has 7 nitrogen and oxygen atoms in total. The fraction of sp³-hybridized carbons (Fsp3) is 0.357. The van der Waals surface area contributed by atoms with Crippen LogP contribution in [0.5, 0.6) is 0 Å². The fourth-order valence-electron chi connectivity index (χ4n) is 2.69. The van der Waals surface area contributed by atoms with Gasteiger partial charge < -0.3 is 4.90 Å². The summed E-state index contributed by atoms with van der Waals surface area (Å²) in [5, 5.41) is 5.06. The molecule has 1 saturated heterocycles. The third kappa shape index (κ3) is 3.23. The van der Waals surface area contributed by atoms with Crippen molar-refractivity contribution < 1.29 is 8.42 Å². The lowest BCUT2D eigenvalue weighted by molar-refractivity contribution is 0.503. The molecule has 2 aromatic heterocycles. The molecule has 0 saturated carbocycles. The van der Waals surface area contributed by atoms with Crippen LogP contribution in [0.3, 0.4) is 0 Å². The van der Waals surface area contributed by atoms with Crippen molar-refractivity contribution in [1.82, 2.24) is 15.0 Å². The van der Waals surface area contributed by atoms with Crippen LogP contribution >= 0.6 is 0 Å². The maximum absolute atomic E-state index is 11.2. The molecule has 22 heavy (non-hydrogen) atoms. The summed E-state index contributed by atoms with van der Waals surface area (Å²) >= 11 is 0. The lowest BCUT2D eigenvalue weighted by Gasteiger charge is -2.32. The molecule has 0 amide bonds. The molecule has 3 rings (SSSR count). The molecule has 1 atom stereocenters. The van der Waals surface area contributed by atoms with Crippen LogP contribution in [0.2, 0.25) is 0 Å². The third-order valence-electron chi connectivity index (χ3n) is 3.82. The number of hydrogen-bond acceptors (Lipinski definition) is 6. The Morgan fingerprint density at radius 1 is 1.18 bits per heavy atom. The summed E-state index contributed by atoms with van der Waals surface area (Å²) in [4.78, 5) is 14.3. The van der Waals surface area contributed by atoms with Crippen LogP contribution in [0.1, 0.15) is 24.3 Å². The van der Waals surface area contributed by atoms with E-state index in [9.17, 15) is 8.42 Å². The molecule has 2 aromatic rings. The molecule has 2 N–H and O–H groups in total. The average molecular weight is 319 g/mol. The highest BCUT2D eigenvalue weighted by molar-refractivity contribution is 7.89. The lowest BCUT2D eigenvalue weighted by atomic mass is 9.91. The Morgan fingerprint density at radius 2 is 1.86 bits per heavy atom. The molecule has 0 aromatic carbocycles. The number of nitrogens with zero attached hydrogens (tertiary/aromatic N) is 4. The molecule has 1 aliphatic heterocycles. The van der Waals surface area contributed by atoms with Gasteiger partial charge in [0.15, 0.2) is 0 Å². The van der Waals surface area contributed by atoms with Gasteiger partial charge >= 0.3 is 0 Å². The molecule has 0 bridgehead atoms. The predicted molar refractivity (Wildman–Crippen MR) is 81.8 cm³/mol. The number of piperidine rings is 1. The lowest BCUT2D eigenvalue weighted by Crippen LogP contribution is -2.35. The van der Waals surface area contributed by atoms with Gasteiger partial charge in [0.05, 0.1) is 12.4 Å². The normalized spacial score (nSPS) is 19.1. The van der Waals surface area contributed by atoms with Gasteiger partial charge in [0, 0.05) is 31.4 Å². The van der Waals surface area contributed by atoms with Crippen molar-refractivity contribution in [2.24, 2.45) is 5.14 Å². The van der Waals surface area contributed by atoms with E-state index >= 15 is 0 Å². The first-order valence-corrected chi connectivity index (χ1v) is 8.58. The van der Waals surface area contributed by atoms with E-state index in [1.807, 2.05) is 12.1 Å². The summed E-state index contributed by atoms with van der Waals surface area (Å²) in [6.07, 6.45) is 8.25. The molecule has 0 radical (unpaired) electrons. The zero-order valence-corrected chi connectivity index (χ0v) is 12.8. The Kier molecular flexibility index (Phi) is 4.04. The van der Waals surface area contributed by atoms with E-state index in [1.54, 1.807) is 12.4 Å². The number of pyridine rings is 1. The van der Waals surface area contributed by atoms with Crippen molar-refractivity contribution in [2.75, 3.05) is 18.0 Å². The minimum atomic E-state index is -3.75. The Labute approximate surface area is 129 Å². The molecule has 0 spiro atoms. The van der Waals surface area contributed by atoms with E-state index in [1.165, 1.54) is 18.0 Å². The smallest absolute Gasteiger partial charge is 0.241 e. The third-order valence-corrected chi connectivity index (χ3v) is 4.69. The van der Waals surface area contributed by atoms with Crippen molar-refractivity contribution in [1.29, 1.82) is 0 Å². The summed E-state index contributed by atoms with van der Waals surface area (Å²) in [6.45, 7) is 1.66. The minimum Gasteiger partial charge on any atom is -0.340 e. The number of nitrogens with two attached hydrogens (primary N) is 1. The number of hydrogen-bond donors (Lipinski definition) is 1. The molecular formula is C14H17N5O2S. The summed E-state index contributed by atoms with van der Waals surface area (Å²) < 4.78 is 22.5. The van der Waals surface area contributed by atoms with Crippen LogP contribution in [0.4, 0.5) is 5.95 Å². The molecule has 8 heteroatoms. The van der Waals surface area contributed by atoms with Crippen molar-refractivity contribution in [3.05, 3.63) is 42.5 Å². The Bertz CT molecular complexity index is 734. The second-order valence-electron chi connectivity index (χ2n) is 5.33. The summed E-state index contributed by atoms with van der Waals surface area (Å²) in [6, 6.07) is 4.05. The van der Waals surface area contributed by atoms with E-state index in [0.717, 1.165) is 25.9 Å². The molecule has 1 fully saturated rings. The minimum absolute atomic E-state index is 0.0704. The Balaban J connectivity index is 1.77. The quantitative estimate of drug-likeness (QED) is 0.902. The van der Waals surface area contributed by atoms with Crippen LogP contribution < -0.4 is 10.0 Å². The Hall–Kier alpha value is -2.06. The highest BCUT2D eigenvalue weighted by atomic mass is 32.2. The summed E-state index contributed by atoms with van der Waals surface area (Å²) in [5.74, 6) is 0.935. The maximum Gasteiger partial charge on any atom is 0.241 e. The van der Waals surface area contributed by atoms with Crippen LogP contribution in [-0.4, -0.2) is 36.5 Å². The second kappa shape index (κ2) is 5.98. The number of anilines is 1. The van der Waals surface area contributed by atoms with E-state index in [0.29, 0.717) is 11.9 Å². The summed E-state index contributed by atoms with van der Waals surface area (Å²) in [7, 11) is -3.75. The largest absolute Gasteiger partial charge is 0.340 e. The van der Waals surface area contributed by atoms with Gasteiger partial charge in [0.25, 0.3) is 0 Å². The van der Waals surface area contributed by atoms with Crippen molar-refractivity contribution >= 4 is 16.0 Å². The van der Waals surface area contributed by atoms with Gasteiger partial charge in [0.1, 0.15) is 4.90 Å². The molecule has 0 aliphatic carbocycles. The molecule has 3 heterocycles. The monoisotopic (exact) mass is 319 g/mol. The van der Waals surface area contributed by atoms with E-state index in [2.05, 4.69) is 19.9 Å². The first kappa shape index (κ1) is 14.9. The molecule has 116 valence electrons. The van der Waals surface area contributed by atoms with Gasteiger partial charge in [-0.2, -0.15) is 0 Å². The first-order valence-electron chi connectivity index (χ1n) is 7.04. The molecule has 1 unspecified atom stereocenters. The van der Waals surface area contributed by atoms with Crippen molar-refractivity contribution in [3.8, 4) is 0 Å². The highest BCUT2D eigenvalue weighted by Gasteiger charge is 2.23. The first-order chi connectivity index (χ1) is 10.5. The predicted octanol–water partition coefficient (Wildman–Crippen LogP) is 0.903. The van der Waals surface area contributed by atoms with Crippen LogP contribution in [-0.2, 0) is 10.0 Å². The zero-order chi connectivity index (χ0) is 15.6. The Morgan fingerprint density at radius 3 is 2.50 bits per heavy atom. The van der Waals surface area contributed by atoms with Gasteiger partial charge in [0.2, 0.25) is 16.0 Å².